The molecule has 0 radical (unpaired) electrons. The summed E-state index contributed by atoms with van der Waals surface area (Å²) in [6, 6.07) is 16.1. The highest BCUT2D eigenvalue weighted by molar-refractivity contribution is 7.98. The Morgan fingerprint density at radius 2 is 2.06 bits per heavy atom. The van der Waals surface area contributed by atoms with E-state index < -0.39 is 6.04 Å². The van der Waals surface area contributed by atoms with Crippen molar-refractivity contribution in [1.82, 2.24) is 19.7 Å². The Morgan fingerprint density at radius 3 is 2.83 bits per heavy atom. The van der Waals surface area contributed by atoms with Crippen LogP contribution in [-0.2, 0) is 10.5 Å². The van der Waals surface area contributed by atoms with Gasteiger partial charge in [-0.1, -0.05) is 42.1 Å². The second-order valence-corrected chi connectivity index (χ2v) is 8.84. The van der Waals surface area contributed by atoms with Gasteiger partial charge in [0.25, 0.3) is 5.91 Å². The molecule has 1 aliphatic rings. The predicted molar refractivity (Wildman–Crippen MR) is 131 cm³/mol. The number of hydrogen-bond acceptors (Lipinski definition) is 7. The fourth-order valence-corrected chi connectivity index (χ4v) is 4.70. The van der Waals surface area contributed by atoms with Crippen molar-refractivity contribution in [1.29, 1.82) is 0 Å². The van der Waals surface area contributed by atoms with E-state index in [4.69, 9.17) is 0 Å². The molecule has 0 aliphatic carbocycles. The molecule has 10 heteroatoms. The lowest BCUT2D eigenvalue weighted by Gasteiger charge is -2.28. The van der Waals surface area contributed by atoms with Crippen LogP contribution in [0.15, 0.2) is 89.5 Å². The van der Waals surface area contributed by atoms with E-state index in [2.05, 4.69) is 25.7 Å². The van der Waals surface area contributed by atoms with Crippen molar-refractivity contribution in [2.45, 2.75) is 23.9 Å². The average Bonchev–Trinajstić information content (AvgIpc) is 3.25. The van der Waals surface area contributed by atoms with Crippen LogP contribution in [0, 0.1) is 5.82 Å². The lowest BCUT2D eigenvalue weighted by atomic mass is 9.95. The molecule has 5 rings (SSSR count). The molecule has 8 nitrogen and oxygen atoms in total. The molecule has 4 aromatic rings. The van der Waals surface area contributed by atoms with Crippen LogP contribution in [0.25, 0.3) is 0 Å². The Bertz CT molecular complexity index is 1420. The molecular formula is C25H21FN6O2S. The van der Waals surface area contributed by atoms with E-state index in [0.29, 0.717) is 44.9 Å². The zero-order valence-electron chi connectivity index (χ0n) is 18.6. The number of phenolic OH excluding ortho intramolecular Hbond substituents is 1. The fourth-order valence-electron chi connectivity index (χ4n) is 3.88. The Morgan fingerprint density at radius 1 is 1.20 bits per heavy atom. The van der Waals surface area contributed by atoms with Crippen LogP contribution >= 0.6 is 11.8 Å². The van der Waals surface area contributed by atoms with Crippen molar-refractivity contribution in [3.05, 3.63) is 101 Å². The monoisotopic (exact) mass is 488 g/mol. The maximum absolute atomic E-state index is 14.1. The van der Waals surface area contributed by atoms with Crippen molar-refractivity contribution in [2.75, 3.05) is 10.6 Å². The number of phenols is 1. The smallest absolute Gasteiger partial charge is 0.255 e. The number of carbonyl (C=O) groups is 1. The molecule has 0 spiro atoms. The quantitative estimate of drug-likeness (QED) is 0.337. The number of carbonyl (C=O) groups excluding carboxylic acids is 1. The van der Waals surface area contributed by atoms with Gasteiger partial charge in [0.2, 0.25) is 11.1 Å². The minimum absolute atomic E-state index is 0.0709. The summed E-state index contributed by atoms with van der Waals surface area (Å²) < 4.78 is 15.7. The van der Waals surface area contributed by atoms with E-state index >= 15 is 0 Å². The summed E-state index contributed by atoms with van der Waals surface area (Å²) in [4.78, 5) is 22.0. The minimum atomic E-state index is -0.648. The first-order valence-corrected chi connectivity index (χ1v) is 11.8. The average molecular weight is 489 g/mol. The Kier molecular flexibility index (Phi) is 6.19. The number of aromatic hydroxyl groups is 1. The zero-order valence-corrected chi connectivity index (χ0v) is 19.5. The van der Waals surface area contributed by atoms with Gasteiger partial charge >= 0.3 is 0 Å². The van der Waals surface area contributed by atoms with E-state index in [9.17, 15) is 14.3 Å². The van der Waals surface area contributed by atoms with Gasteiger partial charge in [-0.05, 0) is 48.4 Å². The number of anilines is 2. The van der Waals surface area contributed by atoms with Crippen LogP contribution in [-0.4, -0.2) is 30.8 Å². The standard InChI is InChI=1S/C25H21FN6O2S/c1-15-21(23(34)29-18-8-5-11-27-13-18)22(16-7-4-9-19(33)12-16)32-24(28-15)30-25(31-32)35-14-17-6-2-3-10-20(17)26/h2-13,22,33H,14H2,1H3,(H,29,34)(H,28,30,31)/t22-/m1/s1. The summed E-state index contributed by atoms with van der Waals surface area (Å²) in [5, 5.41) is 21.2. The normalized spacial score (nSPS) is 14.9. The van der Waals surface area contributed by atoms with Crippen LogP contribution in [0.1, 0.15) is 24.1 Å². The predicted octanol–water partition coefficient (Wildman–Crippen LogP) is 4.74. The van der Waals surface area contributed by atoms with Gasteiger partial charge in [0.05, 0.1) is 17.5 Å². The number of hydrogen-bond donors (Lipinski definition) is 3. The molecule has 176 valence electrons. The van der Waals surface area contributed by atoms with Crippen LogP contribution < -0.4 is 10.6 Å². The van der Waals surface area contributed by atoms with Crippen LogP contribution in [0.5, 0.6) is 5.75 Å². The van der Waals surface area contributed by atoms with Crippen LogP contribution in [0.2, 0.25) is 0 Å². The second kappa shape index (κ2) is 9.59. The lowest BCUT2D eigenvalue weighted by Crippen LogP contribution is -2.31. The molecule has 0 saturated heterocycles. The van der Waals surface area contributed by atoms with Gasteiger partial charge in [-0.25, -0.2) is 9.07 Å². The molecule has 3 heterocycles. The van der Waals surface area contributed by atoms with Gasteiger partial charge < -0.3 is 15.7 Å². The highest BCUT2D eigenvalue weighted by atomic mass is 32.2. The number of amides is 1. The maximum Gasteiger partial charge on any atom is 0.255 e. The third-order valence-electron chi connectivity index (χ3n) is 5.50. The molecule has 1 amide bonds. The molecule has 0 saturated carbocycles. The van der Waals surface area contributed by atoms with Crippen molar-refractivity contribution < 1.29 is 14.3 Å². The zero-order chi connectivity index (χ0) is 24.4. The SMILES string of the molecule is CC1=C(C(=O)Nc2cccnc2)[C@@H](c2cccc(O)c2)n2nc(SCc3ccccc3F)nc2N1. The first-order chi connectivity index (χ1) is 17.0. The van der Waals surface area contributed by atoms with Gasteiger partial charge in [0.15, 0.2) is 0 Å². The van der Waals surface area contributed by atoms with Gasteiger partial charge in [-0.3, -0.25) is 9.78 Å². The molecule has 0 fully saturated rings. The summed E-state index contributed by atoms with van der Waals surface area (Å²) in [5.74, 6) is 0.254. The van der Waals surface area contributed by atoms with Crippen molar-refractivity contribution in [3.8, 4) is 5.75 Å². The Hall–Kier alpha value is -4.18. The molecule has 1 aliphatic heterocycles. The van der Waals surface area contributed by atoms with E-state index in [-0.39, 0.29) is 17.5 Å². The van der Waals surface area contributed by atoms with Gasteiger partial charge in [0, 0.05) is 17.6 Å². The molecule has 35 heavy (non-hydrogen) atoms. The molecule has 2 aromatic carbocycles. The number of allylic oxidation sites excluding steroid dienone is 1. The number of pyridine rings is 1. The highest BCUT2D eigenvalue weighted by Crippen LogP contribution is 2.37. The molecule has 0 bridgehead atoms. The summed E-state index contributed by atoms with van der Waals surface area (Å²) >= 11 is 1.30. The second-order valence-electron chi connectivity index (χ2n) is 7.90. The largest absolute Gasteiger partial charge is 0.508 e. The minimum Gasteiger partial charge on any atom is -0.508 e. The van der Waals surface area contributed by atoms with Gasteiger partial charge in [-0.2, -0.15) is 4.98 Å². The summed E-state index contributed by atoms with van der Waals surface area (Å²) in [6.07, 6.45) is 3.19. The number of nitrogens with one attached hydrogen (secondary N) is 2. The van der Waals surface area contributed by atoms with Gasteiger partial charge in [-0.15, -0.1) is 5.10 Å². The van der Waals surface area contributed by atoms with Gasteiger partial charge in [0.1, 0.15) is 17.6 Å². The number of halogens is 1. The number of fused-ring (bicyclic) bond motifs is 1. The van der Waals surface area contributed by atoms with Crippen molar-refractivity contribution in [3.63, 3.8) is 0 Å². The molecule has 2 aromatic heterocycles. The summed E-state index contributed by atoms with van der Waals surface area (Å²) in [7, 11) is 0. The first-order valence-electron chi connectivity index (χ1n) is 10.8. The number of benzene rings is 2. The number of aromatic nitrogens is 4. The van der Waals surface area contributed by atoms with Crippen LogP contribution in [0.3, 0.4) is 0 Å². The Labute approximate surface area is 204 Å². The molecule has 3 N–H and O–H groups in total. The number of thioether (sulfide) groups is 1. The third kappa shape index (κ3) is 4.73. The van der Waals surface area contributed by atoms with E-state index in [1.807, 2.05) is 6.07 Å². The summed E-state index contributed by atoms with van der Waals surface area (Å²) in [6.45, 7) is 1.79. The number of rotatable bonds is 6. The topological polar surface area (TPSA) is 105 Å². The molecule has 1 atom stereocenters. The summed E-state index contributed by atoms with van der Waals surface area (Å²) in [5.41, 5.74) is 2.79. The van der Waals surface area contributed by atoms with E-state index in [1.165, 1.54) is 17.8 Å². The van der Waals surface area contributed by atoms with E-state index in [1.54, 1.807) is 72.5 Å². The Balaban J connectivity index is 1.50. The highest BCUT2D eigenvalue weighted by Gasteiger charge is 2.34. The van der Waals surface area contributed by atoms with Crippen molar-refractivity contribution >= 4 is 29.3 Å². The lowest BCUT2D eigenvalue weighted by molar-refractivity contribution is -0.113. The number of nitrogens with zero attached hydrogens (tertiary/aromatic N) is 4. The van der Waals surface area contributed by atoms with Crippen LogP contribution in [0.4, 0.5) is 16.0 Å². The van der Waals surface area contributed by atoms with E-state index in [0.717, 1.165) is 0 Å². The molecule has 0 unspecified atom stereocenters. The third-order valence-corrected chi connectivity index (χ3v) is 6.38. The fraction of sp³-hybridized carbons (Fsp3) is 0.120. The maximum atomic E-state index is 14.1. The molecular weight excluding hydrogens is 467 g/mol. The van der Waals surface area contributed by atoms with Crippen molar-refractivity contribution in [2.24, 2.45) is 0 Å². The first kappa shape index (κ1) is 22.6.